The fraction of sp³-hybridized carbons (Fsp3) is 0.417. The molecule has 0 bridgehead atoms. The van der Waals surface area contributed by atoms with Crippen molar-refractivity contribution >= 4 is 33.2 Å². The van der Waals surface area contributed by atoms with E-state index in [2.05, 4.69) is 10.6 Å². The molecule has 2 amide bonds. The largest absolute Gasteiger partial charge is 0.368 e. The molecular weight excluding hydrogens is 442 g/mol. The van der Waals surface area contributed by atoms with E-state index in [4.69, 9.17) is 4.74 Å². The van der Waals surface area contributed by atoms with Gasteiger partial charge in [0.2, 0.25) is 15.9 Å². The Hall–Kier alpha value is -2.75. The van der Waals surface area contributed by atoms with Gasteiger partial charge in [0.15, 0.2) is 0 Å². The molecule has 1 unspecified atom stereocenters. The van der Waals surface area contributed by atoms with Crippen molar-refractivity contribution in [2.45, 2.75) is 50.5 Å². The number of anilines is 2. The molecule has 33 heavy (non-hydrogen) atoms. The molecule has 0 aromatic heterocycles. The third kappa shape index (κ3) is 6.63. The SMILES string of the molecule is CCN(CC)S(=O)(=O)c1ccc(CCC(=O)Nc2ccc(NC(=O)C3CCCO3)cc2)cc1. The maximum atomic E-state index is 12.6. The summed E-state index contributed by atoms with van der Waals surface area (Å²) in [6.07, 6.45) is 1.99. The van der Waals surface area contributed by atoms with Gasteiger partial charge in [0, 0.05) is 37.5 Å². The lowest BCUT2D eigenvalue weighted by Crippen LogP contribution is -2.30. The Morgan fingerprint density at radius 3 is 2.12 bits per heavy atom. The summed E-state index contributed by atoms with van der Waals surface area (Å²) in [6, 6.07) is 13.6. The van der Waals surface area contributed by atoms with Crippen LogP contribution in [0.25, 0.3) is 0 Å². The molecule has 1 saturated heterocycles. The third-order valence-corrected chi connectivity index (χ3v) is 7.63. The minimum Gasteiger partial charge on any atom is -0.368 e. The zero-order chi connectivity index (χ0) is 23.8. The van der Waals surface area contributed by atoms with E-state index in [1.807, 2.05) is 13.8 Å². The lowest BCUT2D eigenvalue weighted by molar-refractivity contribution is -0.124. The van der Waals surface area contributed by atoms with Crippen molar-refractivity contribution in [3.63, 3.8) is 0 Å². The minimum absolute atomic E-state index is 0.147. The average molecular weight is 474 g/mol. The molecule has 9 heteroatoms. The number of carbonyl (C=O) groups is 2. The number of rotatable bonds is 10. The highest BCUT2D eigenvalue weighted by atomic mass is 32.2. The first-order valence-corrected chi connectivity index (χ1v) is 12.7. The van der Waals surface area contributed by atoms with Gasteiger partial charge >= 0.3 is 0 Å². The molecule has 178 valence electrons. The Bertz CT molecular complexity index is 1040. The van der Waals surface area contributed by atoms with Gasteiger partial charge in [-0.05, 0) is 61.2 Å². The van der Waals surface area contributed by atoms with Crippen LogP contribution in [0.5, 0.6) is 0 Å². The van der Waals surface area contributed by atoms with Crippen molar-refractivity contribution in [1.82, 2.24) is 4.31 Å². The number of ether oxygens (including phenoxy) is 1. The van der Waals surface area contributed by atoms with Crippen molar-refractivity contribution in [3.05, 3.63) is 54.1 Å². The van der Waals surface area contributed by atoms with E-state index < -0.39 is 16.1 Å². The lowest BCUT2D eigenvalue weighted by atomic mass is 10.1. The molecule has 1 fully saturated rings. The summed E-state index contributed by atoms with van der Waals surface area (Å²) in [7, 11) is -3.49. The quantitative estimate of drug-likeness (QED) is 0.550. The molecular formula is C24H31N3O5S. The van der Waals surface area contributed by atoms with Gasteiger partial charge in [0.25, 0.3) is 5.91 Å². The van der Waals surface area contributed by atoms with Gasteiger partial charge < -0.3 is 15.4 Å². The molecule has 0 aliphatic carbocycles. The zero-order valence-corrected chi connectivity index (χ0v) is 19.9. The van der Waals surface area contributed by atoms with Crippen LogP contribution in [0.15, 0.2) is 53.4 Å². The van der Waals surface area contributed by atoms with Crippen LogP contribution in [0.4, 0.5) is 11.4 Å². The van der Waals surface area contributed by atoms with Gasteiger partial charge in [-0.1, -0.05) is 26.0 Å². The van der Waals surface area contributed by atoms with E-state index in [9.17, 15) is 18.0 Å². The van der Waals surface area contributed by atoms with Gasteiger partial charge in [0.05, 0.1) is 4.90 Å². The van der Waals surface area contributed by atoms with Crippen LogP contribution in [-0.2, 0) is 30.8 Å². The van der Waals surface area contributed by atoms with Crippen LogP contribution in [0.1, 0.15) is 38.7 Å². The van der Waals surface area contributed by atoms with Crippen LogP contribution in [0, 0.1) is 0 Å². The maximum absolute atomic E-state index is 12.6. The van der Waals surface area contributed by atoms with Gasteiger partial charge in [-0.3, -0.25) is 9.59 Å². The Balaban J connectivity index is 1.48. The van der Waals surface area contributed by atoms with Crippen LogP contribution in [0.2, 0.25) is 0 Å². The van der Waals surface area contributed by atoms with E-state index in [0.717, 1.165) is 18.4 Å². The topological polar surface area (TPSA) is 105 Å². The second-order valence-electron chi connectivity index (χ2n) is 7.85. The van der Waals surface area contributed by atoms with E-state index in [1.54, 1.807) is 48.5 Å². The molecule has 0 radical (unpaired) electrons. The van der Waals surface area contributed by atoms with Crippen molar-refractivity contribution in [1.29, 1.82) is 0 Å². The third-order valence-electron chi connectivity index (χ3n) is 5.57. The number of amides is 2. The molecule has 2 aromatic carbocycles. The van der Waals surface area contributed by atoms with Crippen molar-refractivity contribution in [3.8, 4) is 0 Å². The molecule has 2 aromatic rings. The highest BCUT2D eigenvalue weighted by Crippen LogP contribution is 2.19. The number of aryl methyl sites for hydroxylation is 1. The highest BCUT2D eigenvalue weighted by Gasteiger charge is 2.23. The number of hydrogen-bond donors (Lipinski definition) is 2. The number of nitrogens with zero attached hydrogens (tertiary/aromatic N) is 1. The normalized spacial score (nSPS) is 16.0. The molecule has 0 saturated carbocycles. The average Bonchev–Trinajstić information content (AvgIpc) is 3.35. The number of hydrogen-bond acceptors (Lipinski definition) is 5. The molecule has 3 rings (SSSR count). The van der Waals surface area contributed by atoms with Gasteiger partial charge in [0.1, 0.15) is 6.10 Å². The summed E-state index contributed by atoms with van der Waals surface area (Å²) in [5.74, 6) is -0.300. The smallest absolute Gasteiger partial charge is 0.253 e. The van der Waals surface area contributed by atoms with Crippen molar-refractivity contribution in [2.75, 3.05) is 30.3 Å². The minimum atomic E-state index is -3.49. The van der Waals surface area contributed by atoms with E-state index >= 15 is 0 Å². The van der Waals surface area contributed by atoms with Crippen molar-refractivity contribution < 1.29 is 22.7 Å². The highest BCUT2D eigenvalue weighted by molar-refractivity contribution is 7.89. The summed E-state index contributed by atoms with van der Waals surface area (Å²) in [5, 5.41) is 5.65. The molecule has 2 N–H and O–H groups in total. The van der Waals surface area contributed by atoms with Gasteiger partial charge in [-0.15, -0.1) is 0 Å². The van der Waals surface area contributed by atoms with Crippen LogP contribution >= 0.6 is 0 Å². The molecule has 0 spiro atoms. The maximum Gasteiger partial charge on any atom is 0.253 e. The Kier molecular flexibility index (Phi) is 8.60. The molecule has 1 aliphatic heterocycles. The predicted molar refractivity (Wildman–Crippen MR) is 128 cm³/mol. The first-order valence-electron chi connectivity index (χ1n) is 11.2. The molecule has 8 nitrogen and oxygen atoms in total. The standard InChI is InChI=1S/C24H31N3O5S/c1-3-27(4-2)33(30,31)21-14-7-18(8-15-21)9-16-23(28)25-19-10-12-20(13-11-19)26-24(29)22-6-5-17-32-22/h7-8,10-15,22H,3-6,9,16-17H2,1-2H3,(H,25,28)(H,26,29). The summed E-state index contributed by atoms with van der Waals surface area (Å²) >= 11 is 0. The first-order chi connectivity index (χ1) is 15.8. The summed E-state index contributed by atoms with van der Waals surface area (Å²) in [4.78, 5) is 24.7. The Morgan fingerprint density at radius 1 is 0.970 bits per heavy atom. The predicted octanol–water partition coefficient (Wildman–Crippen LogP) is 3.41. The number of nitrogens with one attached hydrogen (secondary N) is 2. The second-order valence-corrected chi connectivity index (χ2v) is 9.79. The fourth-order valence-corrected chi connectivity index (χ4v) is 5.12. The van der Waals surface area contributed by atoms with E-state index in [1.165, 1.54) is 4.31 Å². The van der Waals surface area contributed by atoms with Crippen LogP contribution < -0.4 is 10.6 Å². The van der Waals surface area contributed by atoms with E-state index in [0.29, 0.717) is 37.5 Å². The summed E-state index contributed by atoms with van der Waals surface area (Å²) in [5.41, 5.74) is 2.17. The zero-order valence-electron chi connectivity index (χ0n) is 19.0. The van der Waals surface area contributed by atoms with Gasteiger partial charge in [-0.2, -0.15) is 4.31 Å². The first kappa shape index (κ1) is 24.9. The summed E-state index contributed by atoms with van der Waals surface area (Å²) in [6.45, 7) is 5.07. The number of sulfonamides is 1. The lowest BCUT2D eigenvalue weighted by Gasteiger charge is -2.18. The molecule has 1 aliphatic rings. The van der Waals surface area contributed by atoms with Crippen molar-refractivity contribution in [2.24, 2.45) is 0 Å². The number of carbonyl (C=O) groups excluding carboxylic acids is 2. The Labute approximate surface area is 195 Å². The molecule has 1 atom stereocenters. The Morgan fingerprint density at radius 2 is 1.58 bits per heavy atom. The molecule has 1 heterocycles. The second kappa shape index (κ2) is 11.4. The monoisotopic (exact) mass is 473 g/mol. The van der Waals surface area contributed by atoms with Crippen LogP contribution in [-0.4, -0.2) is 50.3 Å². The van der Waals surface area contributed by atoms with Gasteiger partial charge in [-0.25, -0.2) is 8.42 Å². The summed E-state index contributed by atoms with van der Waals surface area (Å²) < 4.78 is 31.9. The number of benzene rings is 2. The fourth-order valence-electron chi connectivity index (χ4n) is 3.67. The van der Waals surface area contributed by atoms with E-state index in [-0.39, 0.29) is 23.1 Å². The van der Waals surface area contributed by atoms with Crippen LogP contribution in [0.3, 0.4) is 0 Å².